The summed E-state index contributed by atoms with van der Waals surface area (Å²) in [5.41, 5.74) is -1.31. The molecule has 7 nitrogen and oxygen atoms in total. The molecule has 0 aromatic carbocycles. The fourth-order valence-corrected chi connectivity index (χ4v) is 2.62. The molecule has 0 aliphatic heterocycles. The Morgan fingerprint density at radius 3 is 2.65 bits per heavy atom. The van der Waals surface area contributed by atoms with Crippen LogP contribution < -0.4 is 16.3 Å². The van der Waals surface area contributed by atoms with Gasteiger partial charge in [0.1, 0.15) is 5.56 Å². The Kier molecular flexibility index (Phi) is 8.81. The maximum atomic E-state index is 12.1. The van der Waals surface area contributed by atoms with Gasteiger partial charge in [0.05, 0.1) is 6.61 Å². The minimum absolute atomic E-state index is 0.0502. The zero-order valence-corrected chi connectivity index (χ0v) is 14.9. The molecule has 0 bridgehead atoms. The summed E-state index contributed by atoms with van der Waals surface area (Å²) >= 11 is 0. The number of carbonyl (C=O) groups excluding carboxylic acids is 1. The van der Waals surface area contributed by atoms with Crippen LogP contribution in [-0.4, -0.2) is 28.7 Å². The highest BCUT2D eigenvalue weighted by atomic mass is 31.0. The highest BCUT2D eigenvalue weighted by Crippen LogP contribution is 2.19. The molecule has 0 aliphatic carbocycles. The maximum absolute atomic E-state index is 12.1. The van der Waals surface area contributed by atoms with E-state index in [1.807, 2.05) is 0 Å². The maximum Gasteiger partial charge on any atom is 0.345 e. The first kappa shape index (κ1) is 19.6. The number of nitrogens with zero attached hydrogens (tertiary/aromatic N) is 1. The molecule has 0 amide bonds. The van der Waals surface area contributed by atoms with Crippen molar-refractivity contribution in [3.63, 3.8) is 0 Å². The van der Waals surface area contributed by atoms with Crippen molar-refractivity contribution in [3.8, 4) is 0 Å². The lowest BCUT2D eigenvalue weighted by Gasteiger charge is -2.20. The van der Waals surface area contributed by atoms with Gasteiger partial charge in [-0.15, -0.1) is 0 Å². The third-order valence-corrected chi connectivity index (χ3v) is 3.89. The van der Waals surface area contributed by atoms with Gasteiger partial charge in [0.15, 0.2) is 0 Å². The lowest BCUT2D eigenvalue weighted by molar-refractivity contribution is 0.0522. The molecule has 0 saturated carbocycles. The van der Waals surface area contributed by atoms with E-state index in [2.05, 4.69) is 26.4 Å². The number of esters is 1. The van der Waals surface area contributed by atoms with Crippen molar-refractivity contribution in [1.82, 2.24) is 14.6 Å². The molecule has 0 aliphatic rings. The molecule has 1 aromatic rings. The summed E-state index contributed by atoms with van der Waals surface area (Å²) in [4.78, 5) is 38.0. The molecule has 0 saturated heterocycles. The average molecular weight is 343 g/mol. The molecule has 8 heteroatoms. The van der Waals surface area contributed by atoms with Gasteiger partial charge in [0.25, 0.3) is 5.56 Å². The smallest absolute Gasteiger partial charge is 0.345 e. The molecule has 0 spiro atoms. The van der Waals surface area contributed by atoms with E-state index in [1.165, 1.54) is 10.8 Å². The second-order valence-electron chi connectivity index (χ2n) is 5.32. The van der Waals surface area contributed by atoms with E-state index >= 15 is 0 Å². The first-order valence-corrected chi connectivity index (χ1v) is 8.58. The van der Waals surface area contributed by atoms with Crippen molar-refractivity contribution < 1.29 is 9.53 Å². The number of rotatable bonds is 10. The van der Waals surface area contributed by atoms with Crippen LogP contribution in [0.4, 0.5) is 0 Å². The molecule has 0 radical (unpaired) electrons. The highest BCUT2D eigenvalue weighted by Gasteiger charge is 2.18. The summed E-state index contributed by atoms with van der Waals surface area (Å²) in [5.74, 6) is -0.705. The topological polar surface area (TPSA) is 93.2 Å². The van der Waals surface area contributed by atoms with Crippen LogP contribution in [0.15, 0.2) is 15.8 Å². The predicted octanol–water partition coefficient (Wildman–Crippen LogP) is 1.60. The molecule has 2 atom stereocenters. The number of ether oxygens (including phenoxy) is 1. The standard InChI is InChI=1S/C15H26N3O4P/c1-3-5-7-11(8-6-9-16-23)18-10-12(14(20)22-4-2)13(19)17-15(18)21/h10-11,16H,3-9,23H2,1-2H3,(H,17,19,21). The van der Waals surface area contributed by atoms with E-state index in [-0.39, 0.29) is 18.2 Å². The van der Waals surface area contributed by atoms with Crippen molar-refractivity contribution in [2.45, 2.75) is 52.0 Å². The molecule has 1 heterocycles. The van der Waals surface area contributed by atoms with Gasteiger partial charge in [0.2, 0.25) is 0 Å². The molecule has 1 rings (SSSR count). The summed E-state index contributed by atoms with van der Waals surface area (Å²) < 4.78 is 6.34. The van der Waals surface area contributed by atoms with Crippen molar-refractivity contribution in [2.24, 2.45) is 0 Å². The fraction of sp³-hybridized carbons (Fsp3) is 0.667. The van der Waals surface area contributed by atoms with E-state index in [4.69, 9.17) is 4.74 Å². The second kappa shape index (κ2) is 10.3. The zero-order valence-electron chi connectivity index (χ0n) is 13.8. The minimum Gasteiger partial charge on any atom is -0.462 e. The van der Waals surface area contributed by atoms with Crippen molar-refractivity contribution in [3.05, 3.63) is 32.6 Å². The van der Waals surface area contributed by atoms with Gasteiger partial charge in [-0.3, -0.25) is 14.3 Å². The lowest BCUT2D eigenvalue weighted by Crippen LogP contribution is -2.36. The third-order valence-electron chi connectivity index (χ3n) is 3.61. The Hall–Kier alpha value is -1.46. The number of hydrogen-bond donors (Lipinski definition) is 2. The first-order valence-electron chi connectivity index (χ1n) is 8.01. The number of H-pyrrole nitrogens is 1. The SMILES string of the molecule is CCCCC(CCCNP)n1cc(C(=O)OCC)c(=O)[nH]c1=O. The molecule has 0 fully saturated rings. The monoisotopic (exact) mass is 343 g/mol. The first-order chi connectivity index (χ1) is 11.0. The van der Waals surface area contributed by atoms with Crippen LogP contribution in [0.2, 0.25) is 0 Å². The van der Waals surface area contributed by atoms with Gasteiger partial charge in [-0.25, -0.2) is 9.59 Å². The molecule has 1 aromatic heterocycles. The largest absolute Gasteiger partial charge is 0.462 e. The summed E-state index contributed by atoms with van der Waals surface area (Å²) in [7, 11) is 2.45. The van der Waals surface area contributed by atoms with Gasteiger partial charge < -0.3 is 9.82 Å². The van der Waals surface area contributed by atoms with Crippen molar-refractivity contribution >= 4 is 15.4 Å². The summed E-state index contributed by atoms with van der Waals surface area (Å²) in [6.45, 7) is 4.75. The van der Waals surface area contributed by atoms with Crippen molar-refractivity contribution in [2.75, 3.05) is 13.2 Å². The number of carbonyl (C=O) groups is 1. The third kappa shape index (κ3) is 5.92. The Morgan fingerprint density at radius 2 is 2.04 bits per heavy atom. The van der Waals surface area contributed by atoms with E-state index in [1.54, 1.807) is 6.92 Å². The Balaban J connectivity index is 3.12. The summed E-state index contributed by atoms with van der Waals surface area (Å²) in [6, 6.07) is -0.0502. The average Bonchev–Trinajstić information content (AvgIpc) is 2.51. The number of aromatic nitrogens is 2. The molecule has 2 unspecified atom stereocenters. The van der Waals surface area contributed by atoms with Crippen LogP contribution in [0.5, 0.6) is 0 Å². The van der Waals surface area contributed by atoms with Gasteiger partial charge in [-0.1, -0.05) is 29.2 Å². The Morgan fingerprint density at radius 1 is 1.35 bits per heavy atom. The quantitative estimate of drug-likeness (QED) is 0.382. The zero-order chi connectivity index (χ0) is 17.2. The normalized spacial score (nSPS) is 12.1. The molecule has 2 N–H and O–H groups in total. The fourth-order valence-electron chi connectivity index (χ4n) is 2.41. The highest BCUT2D eigenvalue weighted by molar-refractivity contribution is 7.13. The molecule has 23 heavy (non-hydrogen) atoms. The number of unbranched alkanes of at least 4 members (excludes halogenated alkanes) is 1. The van der Waals surface area contributed by atoms with E-state index in [0.29, 0.717) is 0 Å². The lowest BCUT2D eigenvalue weighted by atomic mass is 10.0. The van der Waals surface area contributed by atoms with Crippen LogP contribution in [0.1, 0.15) is 62.4 Å². The van der Waals surface area contributed by atoms with Crippen LogP contribution in [0.25, 0.3) is 0 Å². The van der Waals surface area contributed by atoms with Gasteiger partial charge >= 0.3 is 11.7 Å². The summed E-state index contributed by atoms with van der Waals surface area (Å²) in [6.07, 6.45) is 5.82. The van der Waals surface area contributed by atoms with Crippen LogP contribution in [0.3, 0.4) is 0 Å². The predicted molar refractivity (Wildman–Crippen MR) is 92.8 cm³/mol. The van der Waals surface area contributed by atoms with Gasteiger partial charge in [-0.2, -0.15) is 0 Å². The number of aromatic amines is 1. The Labute approximate surface area is 138 Å². The molecular formula is C15H26N3O4P. The number of nitrogens with one attached hydrogen (secondary N) is 2. The van der Waals surface area contributed by atoms with Crippen LogP contribution in [-0.2, 0) is 4.74 Å². The van der Waals surface area contributed by atoms with E-state index in [0.717, 1.165) is 38.6 Å². The van der Waals surface area contributed by atoms with Crippen LogP contribution >= 0.6 is 9.39 Å². The minimum atomic E-state index is -0.705. The number of hydrogen-bond acceptors (Lipinski definition) is 5. The summed E-state index contributed by atoms with van der Waals surface area (Å²) in [5, 5.41) is 3.00. The van der Waals surface area contributed by atoms with Gasteiger partial charge in [0, 0.05) is 12.2 Å². The molecular weight excluding hydrogens is 317 g/mol. The van der Waals surface area contributed by atoms with Gasteiger partial charge in [-0.05, 0) is 32.7 Å². The van der Waals surface area contributed by atoms with Crippen LogP contribution in [0, 0.1) is 0 Å². The molecule has 130 valence electrons. The van der Waals surface area contributed by atoms with E-state index in [9.17, 15) is 14.4 Å². The Bertz CT molecular complexity index is 611. The van der Waals surface area contributed by atoms with Crippen molar-refractivity contribution in [1.29, 1.82) is 0 Å². The second-order valence-corrected chi connectivity index (χ2v) is 5.73. The van der Waals surface area contributed by atoms with E-state index < -0.39 is 17.2 Å².